The maximum absolute atomic E-state index is 14.0. The Balaban J connectivity index is 0.00000280. The number of carbonyl (C=O) groups excluding carboxylic acids is 1. The molecule has 1 unspecified atom stereocenters. The number of amides is 1. The number of alkyl halides is 3. The summed E-state index contributed by atoms with van der Waals surface area (Å²) in [5.41, 5.74) is -1.07. The lowest BCUT2D eigenvalue weighted by atomic mass is 9.86. The predicted octanol–water partition coefficient (Wildman–Crippen LogP) is 6.18. The zero-order chi connectivity index (χ0) is 19.4. The summed E-state index contributed by atoms with van der Waals surface area (Å²) >= 11 is 0. The van der Waals surface area contributed by atoms with Crippen LogP contribution in [-0.2, 0) is 11.0 Å². The first-order valence-corrected chi connectivity index (χ1v) is 8.93. The van der Waals surface area contributed by atoms with Crippen LogP contribution in [-0.4, -0.2) is 10.9 Å². The SMILES string of the molecule is C.O=C(Nc1ccccn1)C(CC1CCCC1)c1ccc(C(F)(F)F)c(F)c1. The second-order valence-electron chi connectivity index (χ2n) is 6.88. The molecule has 3 rings (SSSR count). The molecule has 1 aliphatic carbocycles. The summed E-state index contributed by atoms with van der Waals surface area (Å²) in [5, 5.41) is 2.68. The number of rotatable bonds is 5. The molecule has 1 aromatic carbocycles. The van der Waals surface area contributed by atoms with Crippen molar-refractivity contribution in [3.63, 3.8) is 0 Å². The third-order valence-corrected chi connectivity index (χ3v) is 4.98. The van der Waals surface area contributed by atoms with Crippen LogP contribution in [0.15, 0.2) is 42.6 Å². The van der Waals surface area contributed by atoms with Gasteiger partial charge in [0.2, 0.25) is 5.91 Å². The summed E-state index contributed by atoms with van der Waals surface area (Å²) < 4.78 is 52.5. The molecule has 2 aromatic rings. The Morgan fingerprint density at radius 3 is 2.46 bits per heavy atom. The first-order valence-electron chi connectivity index (χ1n) is 8.93. The van der Waals surface area contributed by atoms with Gasteiger partial charge in [-0.3, -0.25) is 4.79 Å². The Kier molecular flexibility index (Phi) is 7.16. The van der Waals surface area contributed by atoms with Crippen LogP contribution in [0.4, 0.5) is 23.4 Å². The lowest BCUT2D eigenvalue weighted by Crippen LogP contribution is -2.24. The zero-order valence-corrected chi connectivity index (χ0v) is 14.6. The maximum Gasteiger partial charge on any atom is 0.419 e. The number of aromatic nitrogens is 1. The van der Waals surface area contributed by atoms with Gasteiger partial charge in [0.05, 0.1) is 11.5 Å². The van der Waals surface area contributed by atoms with E-state index in [4.69, 9.17) is 0 Å². The Bertz CT molecular complexity index is 787. The maximum atomic E-state index is 14.0. The van der Waals surface area contributed by atoms with Gasteiger partial charge in [0.15, 0.2) is 0 Å². The molecule has 28 heavy (non-hydrogen) atoms. The zero-order valence-electron chi connectivity index (χ0n) is 14.6. The highest BCUT2D eigenvalue weighted by atomic mass is 19.4. The number of nitrogens with one attached hydrogen (secondary N) is 1. The van der Waals surface area contributed by atoms with Gasteiger partial charge in [0.25, 0.3) is 0 Å². The van der Waals surface area contributed by atoms with Crippen molar-refractivity contribution in [3.05, 3.63) is 59.5 Å². The van der Waals surface area contributed by atoms with Crippen molar-refractivity contribution in [1.29, 1.82) is 0 Å². The van der Waals surface area contributed by atoms with Gasteiger partial charge >= 0.3 is 6.18 Å². The van der Waals surface area contributed by atoms with Crippen LogP contribution in [0.2, 0.25) is 0 Å². The van der Waals surface area contributed by atoms with E-state index in [1.165, 1.54) is 12.3 Å². The second kappa shape index (κ2) is 9.17. The van der Waals surface area contributed by atoms with Crippen LogP contribution < -0.4 is 5.32 Å². The summed E-state index contributed by atoms with van der Waals surface area (Å²) in [4.78, 5) is 16.8. The molecule has 1 fully saturated rings. The average molecular weight is 396 g/mol. The molecule has 0 bridgehead atoms. The molecule has 0 saturated heterocycles. The highest BCUT2D eigenvalue weighted by Crippen LogP contribution is 2.37. The number of carbonyl (C=O) groups is 1. The fourth-order valence-corrected chi connectivity index (χ4v) is 3.60. The van der Waals surface area contributed by atoms with E-state index < -0.39 is 23.5 Å². The van der Waals surface area contributed by atoms with Crippen molar-refractivity contribution < 1.29 is 22.4 Å². The summed E-state index contributed by atoms with van der Waals surface area (Å²) in [6.07, 6.45) is 1.32. The molecular weight excluding hydrogens is 372 g/mol. The molecule has 0 aliphatic heterocycles. The minimum atomic E-state index is -4.76. The third kappa shape index (κ3) is 5.30. The van der Waals surface area contributed by atoms with E-state index in [0.29, 0.717) is 24.2 Å². The quantitative estimate of drug-likeness (QED) is 0.614. The fraction of sp³-hybridized carbons (Fsp3) is 0.429. The van der Waals surface area contributed by atoms with Crippen molar-refractivity contribution in [2.45, 2.75) is 51.6 Å². The van der Waals surface area contributed by atoms with Gasteiger partial charge in [-0.1, -0.05) is 45.2 Å². The van der Waals surface area contributed by atoms with Crippen molar-refractivity contribution in [2.24, 2.45) is 5.92 Å². The standard InChI is InChI=1S/C20H20F4N2O.CH4/c21-17-12-14(8-9-16(17)20(22,23)24)15(11-13-5-1-2-6-13)19(27)26-18-7-3-4-10-25-18;/h3-4,7-10,12-13,15H,1-2,5-6,11H2,(H,25,26,27);1H4. The number of hydrogen-bond donors (Lipinski definition) is 1. The minimum Gasteiger partial charge on any atom is -0.310 e. The normalized spacial score (nSPS) is 15.7. The van der Waals surface area contributed by atoms with Crippen LogP contribution in [0.5, 0.6) is 0 Å². The number of benzene rings is 1. The molecule has 7 heteroatoms. The highest BCUT2D eigenvalue weighted by Gasteiger charge is 2.35. The monoisotopic (exact) mass is 396 g/mol. The number of pyridine rings is 1. The third-order valence-electron chi connectivity index (χ3n) is 4.98. The van der Waals surface area contributed by atoms with Gasteiger partial charge in [0.1, 0.15) is 11.6 Å². The van der Waals surface area contributed by atoms with Gasteiger partial charge in [-0.25, -0.2) is 9.37 Å². The number of nitrogens with zero attached hydrogens (tertiary/aromatic N) is 1. The van der Waals surface area contributed by atoms with Gasteiger partial charge in [0, 0.05) is 6.20 Å². The molecule has 1 aromatic heterocycles. The Hall–Kier alpha value is -2.44. The molecule has 1 N–H and O–H groups in total. The molecule has 1 saturated carbocycles. The van der Waals surface area contributed by atoms with E-state index in [2.05, 4.69) is 10.3 Å². The molecule has 0 spiro atoms. The van der Waals surface area contributed by atoms with Crippen molar-refractivity contribution >= 4 is 11.7 Å². The van der Waals surface area contributed by atoms with E-state index in [1.807, 2.05) is 0 Å². The van der Waals surface area contributed by atoms with Gasteiger partial charge in [-0.15, -0.1) is 0 Å². The van der Waals surface area contributed by atoms with E-state index in [0.717, 1.165) is 31.7 Å². The fourth-order valence-electron chi connectivity index (χ4n) is 3.60. The first kappa shape index (κ1) is 21.9. The molecular formula is C21H24F4N2O. The average Bonchev–Trinajstić information content (AvgIpc) is 3.12. The van der Waals surface area contributed by atoms with Gasteiger partial charge in [-0.2, -0.15) is 13.2 Å². The molecule has 152 valence electrons. The number of anilines is 1. The molecule has 1 atom stereocenters. The number of halogens is 4. The Labute approximate surface area is 162 Å². The molecule has 1 heterocycles. The Morgan fingerprint density at radius 2 is 1.89 bits per heavy atom. The van der Waals surface area contributed by atoms with Gasteiger partial charge in [-0.05, 0) is 42.2 Å². The molecule has 3 nitrogen and oxygen atoms in total. The van der Waals surface area contributed by atoms with Crippen LogP contribution in [0, 0.1) is 11.7 Å². The van der Waals surface area contributed by atoms with E-state index >= 15 is 0 Å². The molecule has 0 radical (unpaired) electrons. The minimum absolute atomic E-state index is 0. The smallest absolute Gasteiger partial charge is 0.310 e. The second-order valence-corrected chi connectivity index (χ2v) is 6.88. The highest BCUT2D eigenvalue weighted by molar-refractivity contribution is 5.95. The summed E-state index contributed by atoms with van der Waals surface area (Å²) in [6, 6.07) is 7.78. The largest absolute Gasteiger partial charge is 0.419 e. The topological polar surface area (TPSA) is 42.0 Å². The summed E-state index contributed by atoms with van der Waals surface area (Å²) in [6.45, 7) is 0. The van der Waals surface area contributed by atoms with E-state index in [1.54, 1.807) is 18.2 Å². The van der Waals surface area contributed by atoms with Crippen LogP contribution >= 0.6 is 0 Å². The van der Waals surface area contributed by atoms with Gasteiger partial charge < -0.3 is 5.32 Å². The Morgan fingerprint density at radius 1 is 1.18 bits per heavy atom. The first-order chi connectivity index (χ1) is 12.8. The van der Waals surface area contributed by atoms with E-state index in [-0.39, 0.29) is 18.9 Å². The van der Waals surface area contributed by atoms with Crippen LogP contribution in [0.25, 0.3) is 0 Å². The van der Waals surface area contributed by atoms with E-state index in [9.17, 15) is 22.4 Å². The molecule has 1 amide bonds. The van der Waals surface area contributed by atoms with Crippen LogP contribution in [0.1, 0.15) is 56.6 Å². The molecule has 1 aliphatic rings. The van der Waals surface area contributed by atoms with Crippen molar-refractivity contribution in [2.75, 3.05) is 5.32 Å². The van der Waals surface area contributed by atoms with Crippen molar-refractivity contribution in [1.82, 2.24) is 4.98 Å². The summed E-state index contributed by atoms with van der Waals surface area (Å²) in [5.74, 6) is -1.82. The number of hydrogen-bond acceptors (Lipinski definition) is 2. The summed E-state index contributed by atoms with van der Waals surface area (Å²) in [7, 11) is 0. The lowest BCUT2D eigenvalue weighted by molar-refractivity contribution is -0.140. The predicted molar refractivity (Wildman–Crippen MR) is 100 cm³/mol. The van der Waals surface area contributed by atoms with Crippen LogP contribution in [0.3, 0.4) is 0 Å². The lowest BCUT2D eigenvalue weighted by Gasteiger charge is -2.21. The van der Waals surface area contributed by atoms with Crippen molar-refractivity contribution in [3.8, 4) is 0 Å².